The first-order valence-corrected chi connectivity index (χ1v) is 8.13. The van der Waals surface area contributed by atoms with Gasteiger partial charge in [0, 0.05) is 18.1 Å². The molecule has 3 nitrogen and oxygen atoms in total. The second-order valence-electron chi connectivity index (χ2n) is 6.04. The van der Waals surface area contributed by atoms with Crippen LogP contribution < -0.4 is 5.32 Å². The molecule has 2 aromatic rings. The van der Waals surface area contributed by atoms with Crippen LogP contribution in [-0.2, 0) is 6.54 Å². The lowest BCUT2D eigenvalue weighted by molar-refractivity contribution is 0.0697. The molecule has 0 bridgehead atoms. The van der Waals surface area contributed by atoms with Crippen LogP contribution in [0.2, 0.25) is 5.02 Å². The van der Waals surface area contributed by atoms with Gasteiger partial charge in [-0.15, -0.1) is 0 Å². The number of benzene rings is 2. The maximum atomic E-state index is 10.8. The van der Waals surface area contributed by atoms with E-state index in [9.17, 15) is 4.79 Å². The Labute approximate surface area is 142 Å². The fraction of sp³-hybridized carbons (Fsp3) is 0.316. The quantitative estimate of drug-likeness (QED) is 0.781. The summed E-state index contributed by atoms with van der Waals surface area (Å²) < 4.78 is 0. The van der Waals surface area contributed by atoms with E-state index in [1.165, 1.54) is 5.56 Å². The Morgan fingerprint density at radius 1 is 1.09 bits per heavy atom. The first-order valence-electron chi connectivity index (χ1n) is 7.76. The summed E-state index contributed by atoms with van der Waals surface area (Å²) in [5, 5.41) is 13.1. The third-order valence-corrected chi connectivity index (χ3v) is 4.25. The van der Waals surface area contributed by atoms with Gasteiger partial charge in [-0.2, -0.15) is 0 Å². The Morgan fingerprint density at radius 2 is 1.70 bits per heavy atom. The van der Waals surface area contributed by atoms with Crippen LogP contribution in [0, 0.1) is 5.92 Å². The van der Waals surface area contributed by atoms with Gasteiger partial charge < -0.3 is 10.4 Å². The van der Waals surface area contributed by atoms with Gasteiger partial charge in [0.25, 0.3) is 0 Å². The van der Waals surface area contributed by atoms with Crippen LogP contribution in [0.4, 0.5) is 0 Å². The largest absolute Gasteiger partial charge is 0.478 e. The van der Waals surface area contributed by atoms with Crippen LogP contribution in [-0.4, -0.2) is 17.6 Å². The number of aromatic carboxylic acids is 1. The zero-order chi connectivity index (χ0) is 16.8. The molecule has 2 rings (SSSR count). The fourth-order valence-electron chi connectivity index (χ4n) is 2.59. The van der Waals surface area contributed by atoms with E-state index in [1.807, 2.05) is 24.3 Å². The van der Waals surface area contributed by atoms with E-state index in [1.54, 1.807) is 12.1 Å². The van der Waals surface area contributed by atoms with Crippen molar-refractivity contribution in [1.29, 1.82) is 0 Å². The number of halogens is 1. The van der Waals surface area contributed by atoms with Gasteiger partial charge in [-0.05, 0) is 47.2 Å². The second kappa shape index (κ2) is 8.14. The zero-order valence-corrected chi connectivity index (χ0v) is 14.2. The Kier molecular flexibility index (Phi) is 6.20. The normalized spacial score (nSPS) is 12.3. The molecule has 0 spiro atoms. The summed E-state index contributed by atoms with van der Waals surface area (Å²) in [4.78, 5) is 10.8. The molecule has 0 aliphatic carbocycles. The van der Waals surface area contributed by atoms with Gasteiger partial charge in [0.15, 0.2) is 0 Å². The molecule has 4 heteroatoms. The molecule has 0 heterocycles. The van der Waals surface area contributed by atoms with Gasteiger partial charge in [-0.25, -0.2) is 4.79 Å². The van der Waals surface area contributed by atoms with E-state index >= 15 is 0 Å². The Hall–Kier alpha value is -1.84. The van der Waals surface area contributed by atoms with Crippen molar-refractivity contribution in [1.82, 2.24) is 5.32 Å². The number of rotatable bonds is 7. The van der Waals surface area contributed by atoms with E-state index in [-0.39, 0.29) is 0 Å². The Morgan fingerprint density at radius 3 is 2.22 bits per heavy atom. The molecule has 122 valence electrons. The molecule has 1 atom stereocenters. The van der Waals surface area contributed by atoms with Crippen molar-refractivity contribution < 1.29 is 9.90 Å². The van der Waals surface area contributed by atoms with Crippen molar-refractivity contribution in [2.45, 2.75) is 26.3 Å². The third-order valence-electron chi connectivity index (χ3n) is 4.00. The molecule has 0 aliphatic rings. The Bertz CT molecular complexity index is 635. The fourth-order valence-corrected chi connectivity index (χ4v) is 2.71. The second-order valence-corrected chi connectivity index (χ2v) is 6.47. The molecule has 0 radical (unpaired) electrons. The Balaban J connectivity index is 1.94. The SMILES string of the molecule is CC(C)C(CNCc1ccc(C(=O)O)cc1)c1ccc(Cl)cc1. The highest BCUT2D eigenvalue weighted by atomic mass is 35.5. The molecule has 0 aliphatic heterocycles. The smallest absolute Gasteiger partial charge is 0.335 e. The van der Waals surface area contributed by atoms with Gasteiger partial charge in [-0.1, -0.05) is 49.7 Å². The van der Waals surface area contributed by atoms with E-state index in [0.717, 1.165) is 23.7 Å². The van der Waals surface area contributed by atoms with Gasteiger partial charge in [0.2, 0.25) is 0 Å². The van der Waals surface area contributed by atoms with E-state index in [4.69, 9.17) is 16.7 Å². The molecular weight excluding hydrogens is 310 g/mol. The molecule has 1 unspecified atom stereocenters. The first-order chi connectivity index (χ1) is 11.0. The third kappa shape index (κ3) is 5.08. The van der Waals surface area contributed by atoms with E-state index < -0.39 is 5.97 Å². The van der Waals surface area contributed by atoms with E-state index in [2.05, 4.69) is 31.3 Å². The number of carbonyl (C=O) groups is 1. The van der Waals surface area contributed by atoms with Crippen LogP contribution in [0.3, 0.4) is 0 Å². The lowest BCUT2D eigenvalue weighted by Gasteiger charge is -2.22. The number of hydrogen-bond donors (Lipinski definition) is 2. The molecule has 0 fully saturated rings. The van der Waals surface area contributed by atoms with Crippen molar-refractivity contribution in [3.8, 4) is 0 Å². The molecule has 2 aromatic carbocycles. The zero-order valence-electron chi connectivity index (χ0n) is 13.4. The highest BCUT2D eigenvalue weighted by Crippen LogP contribution is 2.25. The predicted octanol–water partition coefficient (Wildman–Crippen LogP) is 4.57. The minimum absolute atomic E-state index is 0.315. The molecular formula is C19H22ClNO2. The standard InChI is InChI=1S/C19H22ClNO2/c1-13(2)18(15-7-9-17(20)10-8-15)12-21-11-14-3-5-16(6-4-14)19(22)23/h3-10,13,18,21H,11-12H2,1-2H3,(H,22,23). The first kappa shape index (κ1) is 17.5. The van der Waals surface area contributed by atoms with Crippen molar-refractivity contribution in [2.24, 2.45) is 5.92 Å². The lowest BCUT2D eigenvalue weighted by atomic mass is 9.88. The van der Waals surface area contributed by atoms with Gasteiger partial charge in [0.1, 0.15) is 0 Å². The maximum Gasteiger partial charge on any atom is 0.335 e. The monoisotopic (exact) mass is 331 g/mol. The van der Waals surface area contributed by atoms with Crippen molar-refractivity contribution in [3.63, 3.8) is 0 Å². The van der Waals surface area contributed by atoms with Gasteiger partial charge >= 0.3 is 5.97 Å². The highest BCUT2D eigenvalue weighted by Gasteiger charge is 2.15. The molecule has 23 heavy (non-hydrogen) atoms. The van der Waals surface area contributed by atoms with Crippen LogP contribution >= 0.6 is 11.6 Å². The van der Waals surface area contributed by atoms with Crippen LogP contribution in [0.1, 0.15) is 41.3 Å². The molecule has 0 amide bonds. The minimum atomic E-state index is -0.896. The van der Waals surface area contributed by atoms with Crippen LogP contribution in [0.15, 0.2) is 48.5 Å². The van der Waals surface area contributed by atoms with Gasteiger partial charge in [-0.3, -0.25) is 0 Å². The number of hydrogen-bond acceptors (Lipinski definition) is 2. The molecule has 0 saturated carbocycles. The number of carboxylic acid groups (broad SMARTS) is 1. The summed E-state index contributed by atoms with van der Waals surface area (Å²) in [5.41, 5.74) is 2.67. The summed E-state index contributed by atoms with van der Waals surface area (Å²) in [6, 6.07) is 15.0. The topological polar surface area (TPSA) is 49.3 Å². The minimum Gasteiger partial charge on any atom is -0.478 e. The summed E-state index contributed by atoms with van der Waals surface area (Å²) in [6.07, 6.45) is 0. The molecule has 0 aromatic heterocycles. The van der Waals surface area contributed by atoms with E-state index in [0.29, 0.717) is 17.4 Å². The average molecular weight is 332 g/mol. The summed E-state index contributed by atoms with van der Waals surface area (Å²) in [5.74, 6) is 0.0238. The van der Waals surface area contributed by atoms with Crippen LogP contribution in [0.25, 0.3) is 0 Å². The highest BCUT2D eigenvalue weighted by molar-refractivity contribution is 6.30. The maximum absolute atomic E-state index is 10.8. The predicted molar refractivity (Wildman–Crippen MR) is 94.1 cm³/mol. The molecule has 2 N–H and O–H groups in total. The van der Waals surface area contributed by atoms with Crippen molar-refractivity contribution in [3.05, 3.63) is 70.2 Å². The number of nitrogens with one attached hydrogen (secondary N) is 1. The average Bonchev–Trinajstić information content (AvgIpc) is 2.53. The van der Waals surface area contributed by atoms with Crippen molar-refractivity contribution >= 4 is 17.6 Å². The van der Waals surface area contributed by atoms with Crippen LogP contribution in [0.5, 0.6) is 0 Å². The molecule has 0 saturated heterocycles. The lowest BCUT2D eigenvalue weighted by Crippen LogP contribution is -2.24. The summed E-state index contributed by atoms with van der Waals surface area (Å²) in [7, 11) is 0. The summed E-state index contributed by atoms with van der Waals surface area (Å²) >= 11 is 5.96. The van der Waals surface area contributed by atoms with Gasteiger partial charge in [0.05, 0.1) is 5.56 Å². The number of carboxylic acids is 1. The van der Waals surface area contributed by atoms with Crippen molar-refractivity contribution in [2.75, 3.05) is 6.54 Å². The summed E-state index contributed by atoms with van der Waals surface area (Å²) in [6.45, 7) is 6.00.